The fourth-order valence-corrected chi connectivity index (χ4v) is 5.66. The smallest absolute Gasteiger partial charge is 0.243 e. The van der Waals surface area contributed by atoms with Crippen LogP contribution in [-0.4, -0.2) is 37.3 Å². The zero-order chi connectivity index (χ0) is 22.0. The van der Waals surface area contributed by atoms with E-state index >= 15 is 0 Å². The maximum Gasteiger partial charge on any atom is 0.243 e. The highest BCUT2D eigenvalue weighted by Gasteiger charge is 2.35. The zero-order valence-corrected chi connectivity index (χ0v) is 18.7. The van der Waals surface area contributed by atoms with Gasteiger partial charge in [-0.05, 0) is 66.3 Å². The Bertz CT molecular complexity index is 1190. The minimum Gasteiger partial charge on any atom is -0.383 e. The lowest BCUT2D eigenvalue weighted by atomic mass is 10.0. The number of unbranched alkanes of at least 4 members (excludes halogenated alkanes) is 2. The Morgan fingerprint density at radius 2 is 1.84 bits per heavy atom. The third-order valence-corrected chi connectivity index (χ3v) is 7.87. The van der Waals surface area contributed by atoms with Crippen LogP contribution in [0, 0.1) is 5.92 Å². The van der Waals surface area contributed by atoms with Crippen LogP contribution in [0.5, 0.6) is 0 Å². The fourth-order valence-electron chi connectivity index (χ4n) is 4.02. The molecular formula is C24H30N4O2S. The molecule has 1 aliphatic heterocycles. The van der Waals surface area contributed by atoms with E-state index in [-0.39, 0.29) is 5.92 Å². The van der Waals surface area contributed by atoms with E-state index in [1.54, 1.807) is 18.2 Å². The molecule has 4 N–H and O–H groups in total. The Morgan fingerprint density at radius 3 is 2.58 bits per heavy atom. The highest BCUT2D eigenvalue weighted by Crippen LogP contribution is 2.30. The number of nitrogens with two attached hydrogens (primary N) is 2. The van der Waals surface area contributed by atoms with Crippen molar-refractivity contribution in [1.29, 1.82) is 0 Å². The van der Waals surface area contributed by atoms with Gasteiger partial charge >= 0.3 is 0 Å². The molecule has 0 aliphatic carbocycles. The van der Waals surface area contributed by atoms with E-state index in [0.717, 1.165) is 40.4 Å². The summed E-state index contributed by atoms with van der Waals surface area (Å²) in [6, 6.07) is 15.2. The van der Waals surface area contributed by atoms with Crippen molar-refractivity contribution in [2.24, 2.45) is 11.7 Å². The van der Waals surface area contributed by atoms with Crippen molar-refractivity contribution >= 4 is 26.7 Å². The average Bonchev–Trinajstić information content (AvgIpc) is 2.73. The van der Waals surface area contributed by atoms with Gasteiger partial charge < -0.3 is 11.5 Å². The topological polar surface area (TPSA) is 102 Å². The molecule has 0 spiro atoms. The number of nitrogens with zero attached hydrogens (tertiary/aromatic N) is 2. The monoisotopic (exact) mass is 438 g/mol. The Labute approximate surface area is 184 Å². The molecule has 1 saturated heterocycles. The molecule has 0 saturated carbocycles. The van der Waals surface area contributed by atoms with E-state index in [4.69, 9.17) is 11.5 Å². The molecule has 6 nitrogen and oxygen atoms in total. The summed E-state index contributed by atoms with van der Waals surface area (Å²) in [5.41, 5.74) is 15.5. The average molecular weight is 439 g/mol. The van der Waals surface area contributed by atoms with Gasteiger partial charge in [0, 0.05) is 18.5 Å². The van der Waals surface area contributed by atoms with Gasteiger partial charge in [0.25, 0.3) is 0 Å². The number of hydrogen-bond acceptors (Lipinski definition) is 5. The minimum atomic E-state index is -3.50. The molecular weight excluding hydrogens is 408 g/mol. The minimum absolute atomic E-state index is 0.252. The summed E-state index contributed by atoms with van der Waals surface area (Å²) in [6.07, 6.45) is 4.40. The normalized spacial score (nSPS) is 15.3. The van der Waals surface area contributed by atoms with Crippen molar-refractivity contribution in [2.45, 2.75) is 37.5 Å². The van der Waals surface area contributed by atoms with Gasteiger partial charge in [0.05, 0.1) is 10.4 Å². The van der Waals surface area contributed by atoms with E-state index in [1.807, 2.05) is 24.3 Å². The molecule has 0 amide bonds. The number of benzene rings is 2. The van der Waals surface area contributed by atoms with E-state index < -0.39 is 10.0 Å². The Kier molecular flexibility index (Phi) is 6.27. The molecule has 1 aromatic heterocycles. The summed E-state index contributed by atoms with van der Waals surface area (Å²) in [4.78, 5) is 4.92. The second-order valence-electron chi connectivity index (χ2n) is 8.35. The van der Waals surface area contributed by atoms with E-state index in [2.05, 4.69) is 18.0 Å². The van der Waals surface area contributed by atoms with Gasteiger partial charge in [-0.3, -0.25) is 0 Å². The van der Waals surface area contributed by atoms with Gasteiger partial charge in [0.15, 0.2) is 0 Å². The number of sulfonamides is 1. The number of rotatable bonds is 8. The number of pyridine rings is 1. The van der Waals surface area contributed by atoms with Crippen LogP contribution in [0.15, 0.2) is 53.4 Å². The van der Waals surface area contributed by atoms with Crippen LogP contribution in [0.4, 0.5) is 5.82 Å². The van der Waals surface area contributed by atoms with Crippen molar-refractivity contribution in [3.05, 3.63) is 54.1 Å². The standard InChI is InChI=1S/C24H30N4O2S/c1-2-3-4-6-21-11-20-10-9-19(13-23(20)27-24(21)26)18-7-5-8-22(12-18)31(29,30)28-15-17(14-25)16-28/h5,7-13,17H,2-4,6,14-16,25H2,1H3,(H2,26,27). The van der Waals surface area contributed by atoms with Crippen molar-refractivity contribution in [3.63, 3.8) is 0 Å². The van der Waals surface area contributed by atoms with Crippen molar-refractivity contribution in [2.75, 3.05) is 25.4 Å². The zero-order valence-electron chi connectivity index (χ0n) is 17.9. The molecule has 1 fully saturated rings. The maximum atomic E-state index is 12.9. The number of fused-ring (bicyclic) bond motifs is 1. The number of anilines is 1. The quantitative estimate of drug-likeness (QED) is 0.521. The molecule has 2 heterocycles. The second kappa shape index (κ2) is 8.94. The molecule has 0 bridgehead atoms. The molecule has 7 heteroatoms. The summed E-state index contributed by atoms with van der Waals surface area (Å²) in [6.45, 7) is 3.68. The van der Waals surface area contributed by atoms with Crippen LogP contribution in [0.3, 0.4) is 0 Å². The molecule has 0 unspecified atom stereocenters. The molecule has 31 heavy (non-hydrogen) atoms. The number of aromatic nitrogens is 1. The highest BCUT2D eigenvalue weighted by atomic mass is 32.2. The summed E-state index contributed by atoms with van der Waals surface area (Å²) in [5.74, 6) is 0.825. The molecule has 164 valence electrons. The van der Waals surface area contributed by atoms with E-state index in [1.165, 1.54) is 17.1 Å². The molecule has 3 aromatic rings. The summed E-state index contributed by atoms with van der Waals surface area (Å²) in [7, 11) is -3.50. The second-order valence-corrected chi connectivity index (χ2v) is 10.3. The van der Waals surface area contributed by atoms with Crippen LogP contribution in [0.25, 0.3) is 22.0 Å². The van der Waals surface area contributed by atoms with Gasteiger partial charge in [-0.2, -0.15) is 4.31 Å². The van der Waals surface area contributed by atoms with Crippen LogP contribution in [0.2, 0.25) is 0 Å². The lowest BCUT2D eigenvalue weighted by molar-refractivity contribution is 0.207. The summed E-state index contributed by atoms with van der Waals surface area (Å²) < 4.78 is 27.3. The SMILES string of the molecule is CCCCCc1cc2ccc(-c3cccc(S(=O)(=O)N4CC(CN)C4)c3)cc2nc1N. The summed E-state index contributed by atoms with van der Waals surface area (Å²) >= 11 is 0. The van der Waals surface area contributed by atoms with Gasteiger partial charge in [-0.25, -0.2) is 13.4 Å². The van der Waals surface area contributed by atoms with Gasteiger partial charge in [-0.1, -0.05) is 44.0 Å². The predicted octanol–water partition coefficient (Wildman–Crippen LogP) is 3.80. The van der Waals surface area contributed by atoms with Gasteiger partial charge in [-0.15, -0.1) is 0 Å². The predicted molar refractivity (Wildman–Crippen MR) is 126 cm³/mol. The summed E-state index contributed by atoms with van der Waals surface area (Å²) in [5, 5.41) is 1.04. The third kappa shape index (κ3) is 4.44. The maximum absolute atomic E-state index is 12.9. The Hall–Kier alpha value is -2.48. The molecule has 0 radical (unpaired) electrons. The van der Waals surface area contributed by atoms with Crippen LogP contribution >= 0.6 is 0 Å². The highest BCUT2D eigenvalue weighted by molar-refractivity contribution is 7.89. The van der Waals surface area contributed by atoms with E-state index in [9.17, 15) is 8.42 Å². The number of hydrogen-bond donors (Lipinski definition) is 2. The molecule has 4 rings (SSSR count). The molecule has 1 aliphatic rings. The first-order valence-electron chi connectivity index (χ1n) is 10.9. The molecule has 0 atom stereocenters. The van der Waals surface area contributed by atoms with Crippen LogP contribution in [-0.2, 0) is 16.4 Å². The largest absolute Gasteiger partial charge is 0.383 e. The van der Waals surface area contributed by atoms with Crippen molar-refractivity contribution < 1.29 is 8.42 Å². The first-order chi connectivity index (χ1) is 14.9. The van der Waals surface area contributed by atoms with Crippen molar-refractivity contribution in [3.8, 4) is 11.1 Å². The molecule has 2 aromatic carbocycles. The van der Waals surface area contributed by atoms with Crippen LogP contribution < -0.4 is 11.5 Å². The Morgan fingerprint density at radius 1 is 1.06 bits per heavy atom. The van der Waals surface area contributed by atoms with Crippen LogP contribution in [0.1, 0.15) is 31.7 Å². The van der Waals surface area contributed by atoms with E-state index in [0.29, 0.717) is 30.3 Å². The lowest BCUT2D eigenvalue weighted by Gasteiger charge is -2.37. The third-order valence-electron chi connectivity index (χ3n) is 6.04. The van der Waals surface area contributed by atoms with Gasteiger partial charge in [0.1, 0.15) is 5.82 Å². The number of nitrogen functional groups attached to an aromatic ring is 1. The first-order valence-corrected chi connectivity index (χ1v) is 12.4. The van der Waals surface area contributed by atoms with Crippen molar-refractivity contribution in [1.82, 2.24) is 9.29 Å². The number of aryl methyl sites for hydroxylation is 1. The fraction of sp³-hybridized carbons (Fsp3) is 0.375. The van der Waals surface area contributed by atoms with Gasteiger partial charge in [0.2, 0.25) is 10.0 Å². The Balaban J connectivity index is 1.62. The first kappa shape index (κ1) is 21.7. The lowest BCUT2D eigenvalue weighted by Crippen LogP contribution is -2.52.